The molecule has 0 radical (unpaired) electrons. The Morgan fingerprint density at radius 1 is 0.920 bits per heavy atom. The summed E-state index contributed by atoms with van der Waals surface area (Å²) in [6.45, 7) is 2.62. The number of nitrogens with zero attached hydrogens (tertiary/aromatic N) is 1. The number of aromatic nitrogens is 2. The number of hydrogen-bond acceptors (Lipinski definition) is 2. The van der Waals surface area contributed by atoms with E-state index in [1.54, 1.807) is 4.57 Å². The van der Waals surface area contributed by atoms with E-state index in [2.05, 4.69) is 29.4 Å². The lowest BCUT2D eigenvalue weighted by atomic mass is 10.1. The van der Waals surface area contributed by atoms with Crippen molar-refractivity contribution in [2.45, 2.75) is 13.5 Å². The third-order valence-electron chi connectivity index (χ3n) is 4.26. The van der Waals surface area contributed by atoms with Crippen LogP contribution >= 0.6 is 0 Å². The summed E-state index contributed by atoms with van der Waals surface area (Å²) in [6, 6.07) is 24.2. The summed E-state index contributed by atoms with van der Waals surface area (Å²) in [5, 5.41) is 3.35. The molecule has 4 heteroatoms. The highest BCUT2D eigenvalue weighted by Crippen LogP contribution is 2.21. The molecule has 4 nitrogen and oxygen atoms in total. The van der Waals surface area contributed by atoms with Crippen molar-refractivity contribution in [3.05, 3.63) is 94.4 Å². The van der Waals surface area contributed by atoms with Crippen LogP contribution in [0.1, 0.15) is 11.1 Å². The molecule has 3 aromatic carbocycles. The van der Waals surface area contributed by atoms with Crippen LogP contribution in [0.2, 0.25) is 0 Å². The number of rotatable bonds is 4. The first-order valence-corrected chi connectivity index (χ1v) is 8.29. The molecule has 0 aliphatic heterocycles. The van der Waals surface area contributed by atoms with Gasteiger partial charge in [0.25, 0.3) is 0 Å². The lowest BCUT2D eigenvalue weighted by molar-refractivity contribution is 0.786. The van der Waals surface area contributed by atoms with Crippen molar-refractivity contribution in [2.75, 3.05) is 5.32 Å². The number of hydrogen-bond donors (Lipinski definition) is 2. The summed E-state index contributed by atoms with van der Waals surface area (Å²) in [6.07, 6.45) is 0. The predicted molar refractivity (Wildman–Crippen MR) is 103 cm³/mol. The molecule has 0 unspecified atom stereocenters. The number of aromatic amines is 1. The second-order valence-corrected chi connectivity index (χ2v) is 6.23. The number of para-hydroxylation sites is 1. The Kier molecular flexibility index (Phi) is 3.86. The van der Waals surface area contributed by atoms with E-state index in [4.69, 9.17) is 0 Å². The lowest BCUT2D eigenvalue weighted by Crippen LogP contribution is -2.17. The van der Waals surface area contributed by atoms with Crippen molar-refractivity contribution in [2.24, 2.45) is 0 Å². The van der Waals surface area contributed by atoms with E-state index in [9.17, 15) is 4.79 Å². The largest absolute Gasteiger partial charge is 0.355 e. The van der Waals surface area contributed by atoms with E-state index in [1.807, 2.05) is 60.7 Å². The van der Waals surface area contributed by atoms with Crippen LogP contribution in [0.15, 0.2) is 77.6 Å². The highest BCUT2D eigenvalue weighted by atomic mass is 16.1. The number of benzene rings is 3. The van der Waals surface area contributed by atoms with Gasteiger partial charge in [0.1, 0.15) is 0 Å². The van der Waals surface area contributed by atoms with Crippen LogP contribution in [0.5, 0.6) is 0 Å². The zero-order valence-corrected chi connectivity index (χ0v) is 14.0. The van der Waals surface area contributed by atoms with Gasteiger partial charge < -0.3 is 10.3 Å². The second kappa shape index (κ2) is 6.32. The van der Waals surface area contributed by atoms with Crippen LogP contribution in [0, 0.1) is 6.92 Å². The minimum Gasteiger partial charge on any atom is -0.355 e. The van der Waals surface area contributed by atoms with Crippen molar-refractivity contribution in [1.29, 1.82) is 0 Å². The molecule has 1 heterocycles. The van der Waals surface area contributed by atoms with Gasteiger partial charge in [-0.1, -0.05) is 48.0 Å². The van der Waals surface area contributed by atoms with Crippen LogP contribution in [-0.2, 0) is 6.54 Å². The highest BCUT2D eigenvalue weighted by molar-refractivity contribution is 5.81. The van der Waals surface area contributed by atoms with Gasteiger partial charge in [0.05, 0.1) is 17.6 Å². The number of nitrogens with one attached hydrogen (secondary N) is 2. The summed E-state index contributed by atoms with van der Waals surface area (Å²) in [7, 11) is 0. The van der Waals surface area contributed by atoms with E-state index < -0.39 is 0 Å². The molecule has 4 aromatic rings. The molecule has 0 atom stereocenters. The maximum atomic E-state index is 12.4. The van der Waals surface area contributed by atoms with Crippen LogP contribution < -0.4 is 11.0 Å². The molecule has 0 saturated carbocycles. The number of H-pyrrole nitrogens is 1. The van der Waals surface area contributed by atoms with E-state index in [-0.39, 0.29) is 5.69 Å². The molecule has 0 aliphatic rings. The van der Waals surface area contributed by atoms with E-state index in [0.29, 0.717) is 6.54 Å². The maximum Gasteiger partial charge on any atom is 0.326 e. The van der Waals surface area contributed by atoms with Crippen LogP contribution in [0.25, 0.3) is 11.0 Å². The monoisotopic (exact) mass is 329 g/mol. The molecule has 124 valence electrons. The fourth-order valence-electron chi connectivity index (χ4n) is 3.08. The molecule has 1 aromatic heterocycles. The van der Waals surface area contributed by atoms with E-state index >= 15 is 0 Å². The Hall–Kier alpha value is -3.27. The van der Waals surface area contributed by atoms with Crippen molar-refractivity contribution >= 4 is 22.4 Å². The summed E-state index contributed by atoms with van der Waals surface area (Å²) >= 11 is 0. The molecule has 4 rings (SSSR count). The van der Waals surface area contributed by atoms with Crippen LogP contribution in [-0.4, -0.2) is 9.55 Å². The smallest absolute Gasteiger partial charge is 0.326 e. The van der Waals surface area contributed by atoms with Gasteiger partial charge in [-0.15, -0.1) is 0 Å². The maximum absolute atomic E-state index is 12.4. The molecule has 0 aliphatic carbocycles. The van der Waals surface area contributed by atoms with Gasteiger partial charge in [-0.05, 0) is 42.8 Å². The average Bonchev–Trinajstić information content (AvgIpc) is 2.91. The second-order valence-electron chi connectivity index (χ2n) is 6.23. The summed E-state index contributed by atoms with van der Waals surface area (Å²) in [5.74, 6) is 0. The summed E-state index contributed by atoms with van der Waals surface area (Å²) < 4.78 is 1.77. The Bertz CT molecular complexity index is 1080. The normalized spacial score (nSPS) is 10.9. The Balaban J connectivity index is 1.68. The third kappa shape index (κ3) is 3.19. The van der Waals surface area contributed by atoms with Crippen LogP contribution in [0.4, 0.5) is 11.4 Å². The third-order valence-corrected chi connectivity index (χ3v) is 4.26. The molecule has 0 spiro atoms. The first-order valence-electron chi connectivity index (χ1n) is 8.29. The summed E-state index contributed by atoms with van der Waals surface area (Å²) in [5.41, 5.74) is 5.93. The predicted octanol–water partition coefficient (Wildman–Crippen LogP) is 4.43. The average molecular weight is 329 g/mol. The van der Waals surface area contributed by atoms with Crippen LogP contribution in [0.3, 0.4) is 0 Å². The highest BCUT2D eigenvalue weighted by Gasteiger charge is 2.08. The molecular weight excluding hydrogens is 310 g/mol. The van der Waals surface area contributed by atoms with Gasteiger partial charge >= 0.3 is 5.69 Å². The van der Waals surface area contributed by atoms with Gasteiger partial charge in [-0.2, -0.15) is 0 Å². The fraction of sp³-hybridized carbons (Fsp3) is 0.0952. The quantitative estimate of drug-likeness (QED) is 0.582. The number of aryl methyl sites for hydroxylation is 1. The van der Waals surface area contributed by atoms with Crippen molar-refractivity contribution in [3.63, 3.8) is 0 Å². The van der Waals surface area contributed by atoms with Gasteiger partial charge in [0.2, 0.25) is 0 Å². The number of imidazole rings is 1. The standard InChI is InChI=1S/C21H19N3O/c1-15-6-5-7-16(12-15)14-24-20-11-10-18(13-19(20)23-21(24)25)22-17-8-3-2-4-9-17/h2-13,22H,14H2,1H3,(H,23,25). The minimum absolute atomic E-state index is 0.0895. The van der Waals surface area contributed by atoms with Gasteiger partial charge in [-0.25, -0.2) is 4.79 Å². The van der Waals surface area contributed by atoms with Gasteiger partial charge in [0, 0.05) is 11.4 Å². The zero-order chi connectivity index (χ0) is 17.2. The van der Waals surface area contributed by atoms with Gasteiger partial charge in [-0.3, -0.25) is 4.57 Å². The molecule has 2 N–H and O–H groups in total. The first kappa shape index (κ1) is 15.3. The SMILES string of the molecule is Cc1cccc(Cn2c(=O)[nH]c3cc(Nc4ccccc4)ccc32)c1. The van der Waals surface area contributed by atoms with Crippen molar-refractivity contribution in [3.8, 4) is 0 Å². The van der Waals surface area contributed by atoms with Gasteiger partial charge in [0.15, 0.2) is 0 Å². The molecule has 0 amide bonds. The van der Waals surface area contributed by atoms with E-state index in [1.165, 1.54) is 5.56 Å². The molecule has 0 saturated heterocycles. The first-order chi connectivity index (χ1) is 12.2. The zero-order valence-electron chi connectivity index (χ0n) is 14.0. The Morgan fingerprint density at radius 2 is 1.76 bits per heavy atom. The minimum atomic E-state index is -0.0895. The molecule has 0 bridgehead atoms. The molecule has 25 heavy (non-hydrogen) atoms. The molecule has 0 fully saturated rings. The Morgan fingerprint density at radius 3 is 2.56 bits per heavy atom. The summed E-state index contributed by atoms with van der Waals surface area (Å²) in [4.78, 5) is 15.3. The Labute approximate surface area is 145 Å². The van der Waals surface area contributed by atoms with E-state index in [0.717, 1.165) is 28.0 Å². The number of fused-ring (bicyclic) bond motifs is 1. The van der Waals surface area contributed by atoms with Crippen molar-refractivity contribution < 1.29 is 0 Å². The molecular formula is C21H19N3O. The number of anilines is 2. The van der Waals surface area contributed by atoms with Crippen molar-refractivity contribution in [1.82, 2.24) is 9.55 Å². The lowest BCUT2D eigenvalue weighted by Gasteiger charge is -2.07. The topological polar surface area (TPSA) is 49.8 Å². The fourth-order valence-corrected chi connectivity index (χ4v) is 3.08.